The molecule has 0 spiro atoms. The van der Waals surface area contributed by atoms with E-state index >= 15 is 0 Å². The van der Waals surface area contributed by atoms with E-state index in [1.165, 1.54) is 13.8 Å². The molecule has 0 saturated heterocycles. The minimum atomic E-state index is -4.04. The molecule has 146 valence electrons. The summed E-state index contributed by atoms with van der Waals surface area (Å²) in [4.78, 5) is 0. The molecule has 0 rings (SSSR count). The molecule has 7 nitrogen and oxygen atoms in total. The van der Waals surface area contributed by atoms with Crippen LogP contribution in [0.1, 0.15) is 79.1 Å². The van der Waals surface area contributed by atoms with Crippen LogP contribution in [0.4, 0.5) is 0 Å². The molecular weight excluding hydrogens is 356 g/mol. The number of rotatable bonds is 14. The van der Waals surface area contributed by atoms with E-state index in [-0.39, 0.29) is 4.75 Å². The van der Waals surface area contributed by atoms with Crippen LogP contribution in [0.2, 0.25) is 0 Å². The second-order valence-corrected chi connectivity index (χ2v) is 10.8. The van der Waals surface area contributed by atoms with Crippen molar-refractivity contribution in [3.8, 4) is 0 Å². The second-order valence-electron chi connectivity index (χ2n) is 7.37. The first kappa shape index (κ1) is 24.1. The van der Waals surface area contributed by atoms with Crippen LogP contribution in [0, 0.1) is 0 Å². The number of unbranched alkanes of at least 4 members (excludes halogenated alkanes) is 2. The zero-order valence-electron chi connectivity index (χ0n) is 15.0. The fourth-order valence-corrected chi connectivity index (χ4v) is 3.13. The molecule has 0 aliphatic rings. The summed E-state index contributed by atoms with van der Waals surface area (Å²) in [7, 11) is -4.04. The summed E-state index contributed by atoms with van der Waals surface area (Å²) in [5, 5.41) is 21.7. The van der Waals surface area contributed by atoms with E-state index < -0.39 is 21.0 Å². The summed E-state index contributed by atoms with van der Waals surface area (Å²) in [6.45, 7) is 6.96. The van der Waals surface area contributed by atoms with Gasteiger partial charge in [0.15, 0.2) is 0 Å². The predicted octanol–water partition coefficient (Wildman–Crippen LogP) is 3.98. The lowest BCUT2D eigenvalue weighted by Gasteiger charge is -2.21. The summed E-state index contributed by atoms with van der Waals surface area (Å²) < 4.78 is 34.6. The molecule has 0 bridgehead atoms. The first-order valence-electron chi connectivity index (χ1n) is 8.22. The number of hydrogen-bond donors (Lipinski definition) is 3. The van der Waals surface area contributed by atoms with Gasteiger partial charge in [0, 0.05) is 16.8 Å². The molecule has 24 heavy (non-hydrogen) atoms. The third-order valence-electron chi connectivity index (χ3n) is 4.12. The van der Waals surface area contributed by atoms with Gasteiger partial charge in [0.2, 0.25) is 0 Å². The van der Waals surface area contributed by atoms with Gasteiger partial charge in [0.1, 0.15) is 0 Å². The van der Waals surface area contributed by atoms with Crippen LogP contribution in [0.5, 0.6) is 0 Å². The van der Waals surface area contributed by atoms with Crippen molar-refractivity contribution in [1.82, 2.24) is 0 Å². The number of aliphatic hydroxyl groups excluding tert-OH is 1. The molecular formula is C15H32O7S2. The Bertz CT molecular complexity index is 435. The zero-order chi connectivity index (χ0) is 18.9. The average molecular weight is 389 g/mol. The van der Waals surface area contributed by atoms with Crippen molar-refractivity contribution in [3.63, 3.8) is 0 Å². The lowest BCUT2D eigenvalue weighted by atomic mass is 9.99. The Kier molecular flexibility index (Phi) is 11.0. The molecule has 1 atom stereocenters. The highest BCUT2D eigenvalue weighted by atomic mass is 32.2. The standard InChI is InChI=1S/C15H32O7S2/c1-14(2,23-22-21-17)11-7-5-9-13(16)10-6-8-12-15(3,4)24(18,19)20/h13,16-17H,5-12H2,1-4H3,(H,18,19,20). The molecule has 0 heterocycles. The highest BCUT2D eigenvalue weighted by molar-refractivity contribution is 7.95. The molecule has 0 aromatic rings. The van der Waals surface area contributed by atoms with Crippen molar-refractivity contribution < 1.29 is 32.7 Å². The van der Waals surface area contributed by atoms with Crippen LogP contribution in [0.15, 0.2) is 0 Å². The van der Waals surface area contributed by atoms with E-state index in [0.717, 1.165) is 37.7 Å². The van der Waals surface area contributed by atoms with Gasteiger partial charge in [-0.15, -0.1) is 4.33 Å². The first-order chi connectivity index (χ1) is 10.9. The van der Waals surface area contributed by atoms with Crippen LogP contribution in [-0.2, 0) is 19.5 Å². The van der Waals surface area contributed by atoms with Crippen LogP contribution in [0.25, 0.3) is 0 Å². The van der Waals surface area contributed by atoms with Gasteiger partial charge in [0.25, 0.3) is 10.1 Å². The quantitative estimate of drug-likeness (QED) is 0.135. The average Bonchev–Trinajstić information content (AvgIpc) is 2.45. The van der Waals surface area contributed by atoms with Gasteiger partial charge in [-0.3, -0.25) is 4.55 Å². The summed E-state index contributed by atoms with van der Waals surface area (Å²) >= 11 is 1.05. The topological polar surface area (TPSA) is 113 Å². The van der Waals surface area contributed by atoms with E-state index in [9.17, 15) is 13.5 Å². The fourth-order valence-electron chi connectivity index (χ4n) is 2.28. The third-order valence-corrected chi connectivity index (χ3v) is 6.51. The maximum absolute atomic E-state index is 11.2. The molecule has 1 unspecified atom stereocenters. The predicted molar refractivity (Wildman–Crippen MR) is 95.0 cm³/mol. The smallest absolute Gasteiger partial charge is 0.270 e. The van der Waals surface area contributed by atoms with E-state index in [0.29, 0.717) is 25.7 Å². The number of aliphatic hydroxyl groups is 1. The van der Waals surface area contributed by atoms with E-state index in [1.54, 1.807) is 0 Å². The minimum absolute atomic E-state index is 0.185. The maximum Gasteiger partial charge on any atom is 0.270 e. The first-order valence-corrected chi connectivity index (χ1v) is 10.4. The summed E-state index contributed by atoms with van der Waals surface area (Å²) in [6, 6.07) is 0. The number of hydrogen-bond acceptors (Lipinski definition) is 7. The van der Waals surface area contributed by atoms with Crippen molar-refractivity contribution in [2.45, 2.75) is 94.7 Å². The Morgan fingerprint density at radius 2 is 1.50 bits per heavy atom. The van der Waals surface area contributed by atoms with Crippen LogP contribution in [-0.4, -0.2) is 38.9 Å². The Hall–Kier alpha value is 0.1000. The Morgan fingerprint density at radius 1 is 1.00 bits per heavy atom. The summed E-state index contributed by atoms with van der Waals surface area (Å²) in [5.41, 5.74) is 0. The molecule has 0 radical (unpaired) electrons. The van der Waals surface area contributed by atoms with Crippen molar-refractivity contribution in [2.75, 3.05) is 0 Å². The van der Waals surface area contributed by atoms with Crippen LogP contribution < -0.4 is 0 Å². The van der Waals surface area contributed by atoms with Crippen molar-refractivity contribution in [3.05, 3.63) is 0 Å². The Morgan fingerprint density at radius 3 is 1.96 bits per heavy atom. The molecule has 0 aromatic heterocycles. The largest absolute Gasteiger partial charge is 0.393 e. The second kappa shape index (κ2) is 10.9. The SMILES string of the molecule is CC(C)(CCCCC(O)CCCCC(C)(C)S(=O)(=O)O)SOOO. The molecule has 0 amide bonds. The fraction of sp³-hybridized carbons (Fsp3) is 1.00. The van der Waals surface area contributed by atoms with Crippen molar-refractivity contribution in [2.24, 2.45) is 0 Å². The van der Waals surface area contributed by atoms with Crippen LogP contribution >= 0.6 is 12.0 Å². The highest BCUT2D eigenvalue weighted by Crippen LogP contribution is 2.31. The lowest BCUT2D eigenvalue weighted by Crippen LogP contribution is -2.31. The monoisotopic (exact) mass is 388 g/mol. The molecule has 3 N–H and O–H groups in total. The van der Waals surface area contributed by atoms with E-state index in [4.69, 9.17) is 9.81 Å². The molecule has 0 aliphatic heterocycles. The van der Waals surface area contributed by atoms with Crippen molar-refractivity contribution in [1.29, 1.82) is 0 Å². The molecule has 0 aromatic carbocycles. The van der Waals surface area contributed by atoms with Gasteiger partial charge in [-0.2, -0.15) is 8.42 Å². The van der Waals surface area contributed by atoms with Gasteiger partial charge in [-0.25, -0.2) is 5.26 Å². The van der Waals surface area contributed by atoms with Gasteiger partial charge >= 0.3 is 0 Å². The van der Waals surface area contributed by atoms with Gasteiger partial charge in [-0.05, 0) is 53.4 Å². The normalized spacial score (nSPS) is 14.8. The minimum Gasteiger partial charge on any atom is -0.393 e. The van der Waals surface area contributed by atoms with Crippen molar-refractivity contribution >= 4 is 22.2 Å². The van der Waals surface area contributed by atoms with Gasteiger partial charge < -0.3 is 5.11 Å². The molecule has 9 heteroatoms. The summed E-state index contributed by atoms with van der Waals surface area (Å²) in [6.07, 6.45) is 5.32. The molecule has 0 aliphatic carbocycles. The van der Waals surface area contributed by atoms with Gasteiger partial charge in [-0.1, -0.05) is 30.7 Å². The van der Waals surface area contributed by atoms with Crippen LogP contribution in [0.3, 0.4) is 0 Å². The third kappa shape index (κ3) is 10.9. The van der Waals surface area contributed by atoms with E-state index in [1.807, 2.05) is 13.8 Å². The van der Waals surface area contributed by atoms with E-state index in [2.05, 4.69) is 9.37 Å². The Balaban J connectivity index is 3.80. The highest BCUT2D eigenvalue weighted by Gasteiger charge is 2.31. The Labute approximate surface area is 149 Å². The molecule has 0 saturated carbocycles. The molecule has 0 fully saturated rings. The maximum atomic E-state index is 11.2. The van der Waals surface area contributed by atoms with Gasteiger partial charge in [0.05, 0.1) is 10.9 Å². The lowest BCUT2D eigenvalue weighted by molar-refractivity contribution is -0.432. The zero-order valence-corrected chi connectivity index (χ0v) is 16.7. The summed E-state index contributed by atoms with van der Waals surface area (Å²) in [5.74, 6) is 0.